The molecule has 0 bridgehead atoms. The van der Waals surface area contributed by atoms with Gasteiger partial charge >= 0.3 is 0 Å². The number of aromatic nitrogens is 1. The maximum absolute atomic E-state index is 2.47. The number of nitrogens with zero attached hydrogens (tertiary/aromatic N) is 1. The first-order valence-electron chi connectivity index (χ1n) is 10.7. The van der Waals surface area contributed by atoms with Crippen molar-refractivity contribution in [3.8, 4) is 5.69 Å². The zero-order valence-electron chi connectivity index (χ0n) is 16.9. The third-order valence-electron chi connectivity index (χ3n) is 6.53. The van der Waals surface area contributed by atoms with Gasteiger partial charge in [-0.2, -0.15) is 0 Å². The molecule has 0 radical (unpaired) electrons. The van der Waals surface area contributed by atoms with E-state index in [1.165, 1.54) is 59.8 Å². The number of hydrogen-bond donors (Lipinski definition) is 0. The minimum atomic E-state index is 1.20. The second-order valence-electron chi connectivity index (χ2n) is 8.23. The molecule has 0 amide bonds. The van der Waals surface area contributed by atoms with Crippen LogP contribution in [-0.4, -0.2) is 4.57 Å². The molecule has 0 atom stereocenters. The highest BCUT2D eigenvalue weighted by molar-refractivity contribution is 6.23. The van der Waals surface area contributed by atoms with Gasteiger partial charge < -0.3 is 4.57 Å². The summed E-state index contributed by atoms with van der Waals surface area (Å²) in [5, 5.41) is 10.2. The van der Waals surface area contributed by atoms with Gasteiger partial charge in [0.25, 0.3) is 0 Å². The van der Waals surface area contributed by atoms with Crippen molar-refractivity contribution in [3.63, 3.8) is 0 Å². The lowest BCUT2D eigenvalue weighted by molar-refractivity contribution is 1.20. The number of fused-ring (bicyclic) bond motifs is 8. The molecule has 0 saturated heterocycles. The highest BCUT2D eigenvalue weighted by Gasteiger charge is 2.17. The summed E-state index contributed by atoms with van der Waals surface area (Å²) in [4.78, 5) is 0. The molecule has 1 heterocycles. The van der Waals surface area contributed by atoms with E-state index in [9.17, 15) is 0 Å². The van der Waals surface area contributed by atoms with Crippen molar-refractivity contribution in [3.05, 3.63) is 115 Å². The molecule has 0 aliphatic carbocycles. The molecular weight excluding hydrogens is 374 g/mol. The molecule has 0 aliphatic rings. The van der Waals surface area contributed by atoms with Crippen LogP contribution in [0.25, 0.3) is 59.8 Å². The van der Waals surface area contributed by atoms with E-state index in [-0.39, 0.29) is 0 Å². The Kier molecular flexibility index (Phi) is 3.33. The molecule has 7 rings (SSSR count). The first-order valence-corrected chi connectivity index (χ1v) is 10.7. The lowest BCUT2D eigenvalue weighted by Crippen LogP contribution is -1.95. The van der Waals surface area contributed by atoms with Crippen molar-refractivity contribution in [2.24, 2.45) is 0 Å². The summed E-state index contributed by atoms with van der Waals surface area (Å²) in [6.07, 6.45) is 0. The van der Waals surface area contributed by atoms with E-state index in [2.05, 4.69) is 120 Å². The van der Waals surface area contributed by atoms with Gasteiger partial charge in [0.05, 0.1) is 11.0 Å². The fourth-order valence-electron chi connectivity index (χ4n) is 5.11. The van der Waals surface area contributed by atoms with Crippen LogP contribution in [0.15, 0.2) is 115 Å². The summed E-state index contributed by atoms with van der Waals surface area (Å²) in [5.74, 6) is 0. The van der Waals surface area contributed by atoms with E-state index >= 15 is 0 Å². The molecule has 0 fully saturated rings. The van der Waals surface area contributed by atoms with E-state index in [4.69, 9.17) is 0 Å². The van der Waals surface area contributed by atoms with Crippen LogP contribution in [0.5, 0.6) is 0 Å². The Morgan fingerprint density at radius 3 is 1.45 bits per heavy atom. The predicted octanol–water partition coefficient (Wildman–Crippen LogP) is 8.24. The molecule has 1 nitrogen and oxygen atoms in total. The van der Waals surface area contributed by atoms with Gasteiger partial charge in [0.2, 0.25) is 0 Å². The number of benzene rings is 6. The molecule has 0 saturated carbocycles. The summed E-state index contributed by atoms with van der Waals surface area (Å²) in [7, 11) is 0. The van der Waals surface area contributed by atoms with Crippen LogP contribution in [0, 0.1) is 0 Å². The molecule has 0 spiro atoms. The van der Waals surface area contributed by atoms with Gasteiger partial charge in [-0.15, -0.1) is 0 Å². The Morgan fingerprint density at radius 1 is 0.355 bits per heavy atom. The monoisotopic (exact) mass is 393 g/mol. The zero-order chi connectivity index (χ0) is 20.4. The highest BCUT2D eigenvalue weighted by Crippen LogP contribution is 2.40. The van der Waals surface area contributed by atoms with Crippen molar-refractivity contribution in [2.75, 3.05) is 0 Å². The smallest absolute Gasteiger partial charge is 0.0619 e. The Morgan fingerprint density at radius 2 is 0.839 bits per heavy atom. The Hall–Kier alpha value is -4.10. The molecule has 0 N–H and O–H groups in total. The molecule has 7 aromatic rings. The Balaban J connectivity index is 1.77. The minimum absolute atomic E-state index is 1.20. The lowest BCUT2D eigenvalue weighted by atomic mass is 10.0. The summed E-state index contributed by atoms with van der Waals surface area (Å²) in [6.45, 7) is 0. The van der Waals surface area contributed by atoms with Crippen LogP contribution in [0.2, 0.25) is 0 Å². The van der Waals surface area contributed by atoms with E-state index in [0.29, 0.717) is 0 Å². The van der Waals surface area contributed by atoms with Crippen molar-refractivity contribution in [2.45, 2.75) is 0 Å². The van der Waals surface area contributed by atoms with E-state index in [1.807, 2.05) is 0 Å². The van der Waals surface area contributed by atoms with Gasteiger partial charge in [-0.25, -0.2) is 0 Å². The highest BCUT2D eigenvalue weighted by atomic mass is 15.0. The van der Waals surface area contributed by atoms with E-state index in [1.54, 1.807) is 0 Å². The summed E-state index contributed by atoms with van der Waals surface area (Å²) in [6, 6.07) is 41.9. The second kappa shape index (κ2) is 6.20. The first kappa shape index (κ1) is 16.7. The van der Waals surface area contributed by atoms with Crippen molar-refractivity contribution in [1.82, 2.24) is 4.57 Å². The van der Waals surface area contributed by atoms with Crippen molar-refractivity contribution >= 4 is 54.1 Å². The number of rotatable bonds is 1. The molecule has 6 aromatic carbocycles. The average Bonchev–Trinajstić information content (AvgIpc) is 3.19. The SMILES string of the molecule is c1ccc2cc(-n3c4c5ccccc5ccc4c4ccc5ccccc5c43)ccc2c1. The minimum Gasteiger partial charge on any atom is -0.308 e. The van der Waals surface area contributed by atoms with Crippen LogP contribution in [0.1, 0.15) is 0 Å². The largest absolute Gasteiger partial charge is 0.308 e. The van der Waals surface area contributed by atoms with Crippen LogP contribution >= 0.6 is 0 Å². The van der Waals surface area contributed by atoms with Crippen LogP contribution in [0.3, 0.4) is 0 Å². The van der Waals surface area contributed by atoms with Crippen LogP contribution < -0.4 is 0 Å². The third kappa shape index (κ3) is 2.32. The summed E-state index contributed by atoms with van der Waals surface area (Å²) >= 11 is 0. The molecule has 31 heavy (non-hydrogen) atoms. The van der Waals surface area contributed by atoms with Gasteiger partial charge in [-0.05, 0) is 33.7 Å². The van der Waals surface area contributed by atoms with Gasteiger partial charge in [-0.3, -0.25) is 0 Å². The van der Waals surface area contributed by atoms with Gasteiger partial charge in [0, 0.05) is 27.2 Å². The first-order chi connectivity index (χ1) is 15.4. The molecule has 144 valence electrons. The quantitative estimate of drug-likeness (QED) is 0.265. The Bertz CT molecular complexity index is 1690. The molecule has 0 aliphatic heterocycles. The maximum Gasteiger partial charge on any atom is 0.0619 e. The van der Waals surface area contributed by atoms with Gasteiger partial charge in [0.1, 0.15) is 0 Å². The average molecular weight is 393 g/mol. The maximum atomic E-state index is 2.47. The lowest BCUT2D eigenvalue weighted by Gasteiger charge is -2.12. The molecule has 0 unspecified atom stereocenters. The Labute approximate surface area is 179 Å². The second-order valence-corrected chi connectivity index (χ2v) is 8.23. The predicted molar refractivity (Wildman–Crippen MR) is 133 cm³/mol. The topological polar surface area (TPSA) is 4.93 Å². The summed E-state index contributed by atoms with van der Waals surface area (Å²) in [5.41, 5.74) is 3.76. The molecular formula is C30H19N. The van der Waals surface area contributed by atoms with Gasteiger partial charge in [0.15, 0.2) is 0 Å². The summed E-state index contributed by atoms with van der Waals surface area (Å²) < 4.78 is 2.47. The molecule has 1 aromatic heterocycles. The molecule has 1 heteroatoms. The fourth-order valence-corrected chi connectivity index (χ4v) is 5.11. The van der Waals surface area contributed by atoms with Crippen LogP contribution in [0.4, 0.5) is 0 Å². The van der Waals surface area contributed by atoms with Gasteiger partial charge in [-0.1, -0.05) is 103 Å². The zero-order valence-corrected chi connectivity index (χ0v) is 16.9. The van der Waals surface area contributed by atoms with E-state index in [0.717, 1.165) is 0 Å². The van der Waals surface area contributed by atoms with Crippen molar-refractivity contribution < 1.29 is 0 Å². The normalized spacial score (nSPS) is 11.9. The fraction of sp³-hybridized carbons (Fsp3) is 0. The number of hydrogen-bond acceptors (Lipinski definition) is 0. The third-order valence-corrected chi connectivity index (χ3v) is 6.53. The van der Waals surface area contributed by atoms with Crippen LogP contribution in [-0.2, 0) is 0 Å². The standard InChI is InChI=1S/C30H19N/c1-2-10-23-19-24(16-13-20(23)7-1)31-29-25-11-5-3-8-21(25)14-17-27(29)28-18-15-22-9-4-6-12-26(22)30(28)31/h1-19H. The van der Waals surface area contributed by atoms with Crippen molar-refractivity contribution in [1.29, 1.82) is 0 Å². The van der Waals surface area contributed by atoms with E-state index < -0.39 is 0 Å².